The molecule has 0 heterocycles. The predicted octanol–water partition coefficient (Wildman–Crippen LogP) is 1.92. The van der Waals surface area contributed by atoms with Gasteiger partial charge in [-0.3, -0.25) is 4.79 Å². The number of benzene rings is 1. The minimum atomic E-state index is -0.835. The van der Waals surface area contributed by atoms with Gasteiger partial charge in [0.1, 0.15) is 11.6 Å². The number of hydrogen-bond donors (Lipinski definition) is 1. The summed E-state index contributed by atoms with van der Waals surface area (Å²) >= 11 is 0. The molecule has 1 aromatic rings. The average Bonchev–Trinajstić information content (AvgIpc) is 2.04. The highest BCUT2D eigenvalue weighted by atomic mass is 35.5. The molecule has 0 aromatic heterocycles. The van der Waals surface area contributed by atoms with Gasteiger partial charge in [0.05, 0.1) is 5.56 Å². The Morgan fingerprint density at radius 3 is 2.50 bits per heavy atom. The van der Waals surface area contributed by atoms with E-state index in [4.69, 9.17) is 5.73 Å². The molecule has 0 bridgehead atoms. The number of rotatable bonds is 3. The first kappa shape index (κ1) is 13.0. The summed E-state index contributed by atoms with van der Waals surface area (Å²) in [6.45, 7) is 0.162. The maximum Gasteiger partial charge on any atom is 0.167 e. The minimum Gasteiger partial charge on any atom is -0.330 e. The second-order valence-corrected chi connectivity index (χ2v) is 2.59. The van der Waals surface area contributed by atoms with Crippen LogP contribution in [-0.4, -0.2) is 12.3 Å². The quantitative estimate of drug-likeness (QED) is 0.793. The Morgan fingerprint density at radius 1 is 1.36 bits per heavy atom. The van der Waals surface area contributed by atoms with Gasteiger partial charge in [0.25, 0.3) is 0 Å². The Morgan fingerprint density at radius 2 is 2.00 bits per heavy atom. The maximum atomic E-state index is 12.9. The van der Waals surface area contributed by atoms with Crippen LogP contribution in [0.15, 0.2) is 18.2 Å². The van der Waals surface area contributed by atoms with Crippen molar-refractivity contribution in [2.45, 2.75) is 6.42 Å². The third-order valence-corrected chi connectivity index (χ3v) is 1.60. The summed E-state index contributed by atoms with van der Waals surface area (Å²) in [5, 5.41) is 0. The van der Waals surface area contributed by atoms with Gasteiger partial charge in [-0.15, -0.1) is 12.4 Å². The van der Waals surface area contributed by atoms with E-state index in [-0.39, 0.29) is 30.9 Å². The van der Waals surface area contributed by atoms with Crippen molar-refractivity contribution in [3.05, 3.63) is 35.4 Å². The normalized spacial score (nSPS) is 9.36. The van der Waals surface area contributed by atoms with Crippen LogP contribution in [0, 0.1) is 11.6 Å². The first-order valence-corrected chi connectivity index (χ1v) is 3.83. The first-order valence-electron chi connectivity index (χ1n) is 3.83. The van der Waals surface area contributed by atoms with Gasteiger partial charge in [-0.1, -0.05) is 0 Å². The summed E-state index contributed by atoms with van der Waals surface area (Å²) in [5.74, 6) is -1.93. The molecule has 1 rings (SSSR count). The Balaban J connectivity index is 0.00000169. The molecule has 0 saturated carbocycles. The molecule has 2 N–H and O–H groups in total. The van der Waals surface area contributed by atoms with Crippen LogP contribution in [-0.2, 0) is 0 Å². The Labute approximate surface area is 86.5 Å². The van der Waals surface area contributed by atoms with E-state index in [1.54, 1.807) is 0 Å². The molecule has 78 valence electrons. The third-order valence-electron chi connectivity index (χ3n) is 1.60. The predicted molar refractivity (Wildman–Crippen MR) is 51.6 cm³/mol. The van der Waals surface area contributed by atoms with E-state index < -0.39 is 17.4 Å². The van der Waals surface area contributed by atoms with Gasteiger partial charge in [0.15, 0.2) is 5.78 Å². The number of Topliss-reactive ketones (excluding diaryl/α,β-unsaturated/α-hetero) is 1. The van der Waals surface area contributed by atoms with Crippen LogP contribution in [0.25, 0.3) is 0 Å². The molecular formula is C9H10ClF2NO. The van der Waals surface area contributed by atoms with E-state index in [2.05, 4.69) is 0 Å². The number of ketones is 1. The third kappa shape index (κ3) is 3.05. The topological polar surface area (TPSA) is 43.1 Å². The molecule has 1 aromatic carbocycles. The Kier molecular flexibility index (Phi) is 5.27. The lowest BCUT2D eigenvalue weighted by Crippen LogP contribution is -2.09. The molecule has 0 amide bonds. The van der Waals surface area contributed by atoms with Crippen LogP contribution < -0.4 is 5.73 Å². The highest BCUT2D eigenvalue weighted by molar-refractivity contribution is 5.96. The van der Waals surface area contributed by atoms with E-state index >= 15 is 0 Å². The Bertz CT molecular complexity index is 331. The Hall–Kier alpha value is -1.00. The van der Waals surface area contributed by atoms with Gasteiger partial charge in [-0.25, -0.2) is 8.78 Å². The average molecular weight is 222 g/mol. The van der Waals surface area contributed by atoms with E-state index in [0.717, 1.165) is 12.1 Å². The zero-order chi connectivity index (χ0) is 9.84. The molecule has 2 nitrogen and oxygen atoms in total. The molecular weight excluding hydrogens is 212 g/mol. The van der Waals surface area contributed by atoms with Gasteiger partial charge in [0.2, 0.25) is 0 Å². The molecule has 0 aliphatic heterocycles. The van der Waals surface area contributed by atoms with Crippen molar-refractivity contribution in [3.63, 3.8) is 0 Å². The van der Waals surface area contributed by atoms with Crippen LogP contribution >= 0.6 is 12.4 Å². The van der Waals surface area contributed by atoms with Gasteiger partial charge in [-0.2, -0.15) is 0 Å². The van der Waals surface area contributed by atoms with Gasteiger partial charge in [-0.05, 0) is 18.7 Å². The zero-order valence-corrected chi connectivity index (χ0v) is 8.11. The zero-order valence-electron chi connectivity index (χ0n) is 7.30. The van der Waals surface area contributed by atoms with Crippen molar-refractivity contribution in [2.75, 3.05) is 6.54 Å². The summed E-state index contributed by atoms with van der Waals surface area (Å²) < 4.78 is 25.3. The van der Waals surface area contributed by atoms with E-state index in [1.807, 2.05) is 0 Å². The van der Waals surface area contributed by atoms with Crippen molar-refractivity contribution in [1.82, 2.24) is 0 Å². The second-order valence-electron chi connectivity index (χ2n) is 2.59. The summed E-state index contributed by atoms with van der Waals surface area (Å²) in [6, 6.07) is 2.86. The number of hydrogen-bond acceptors (Lipinski definition) is 2. The van der Waals surface area contributed by atoms with Crippen molar-refractivity contribution in [2.24, 2.45) is 5.73 Å². The van der Waals surface area contributed by atoms with Crippen LogP contribution in [0.3, 0.4) is 0 Å². The fraction of sp³-hybridized carbons (Fsp3) is 0.222. The number of carbonyl (C=O) groups is 1. The smallest absolute Gasteiger partial charge is 0.167 e. The van der Waals surface area contributed by atoms with Crippen LogP contribution in [0.5, 0.6) is 0 Å². The van der Waals surface area contributed by atoms with Gasteiger partial charge < -0.3 is 5.73 Å². The molecule has 0 aliphatic rings. The summed E-state index contributed by atoms with van der Waals surface area (Å²) in [5.41, 5.74) is 5.02. The van der Waals surface area contributed by atoms with Crippen molar-refractivity contribution in [1.29, 1.82) is 0 Å². The number of halogens is 3. The fourth-order valence-corrected chi connectivity index (χ4v) is 0.981. The number of carbonyl (C=O) groups excluding carboxylic acids is 1. The van der Waals surface area contributed by atoms with E-state index in [0.29, 0.717) is 6.07 Å². The molecule has 0 radical (unpaired) electrons. The highest BCUT2D eigenvalue weighted by Gasteiger charge is 2.10. The molecule has 0 atom stereocenters. The SMILES string of the molecule is Cl.NCCC(=O)c1ccc(F)cc1F. The number of nitrogens with two attached hydrogens (primary N) is 1. The van der Waals surface area contributed by atoms with Crippen LogP contribution in [0.1, 0.15) is 16.8 Å². The molecule has 0 aliphatic carbocycles. The van der Waals surface area contributed by atoms with Crippen LogP contribution in [0.2, 0.25) is 0 Å². The molecule has 0 fully saturated rings. The summed E-state index contributed by atoms with van der Waals surface area (Å²) in [4.78, 5) is 11.1. The largest absolute Gasteiger partial charge is 0.330 e. The summed E-state index contributed by atoms with van der Waals surface area (Å²) in [6.07, 6.45) is 0.0720. The van der Waals surface area contributed by atoms with Crippen molar-refractivity contribution < 1.29 is 13.6 Å². The molecule has 14 heavy (non-hydrogen) atoms. The standard InChI is InChI=1S/C9H9F2NO.ClH/c10-6-1-2-7(8(11)5-6)9(13)3-4-12;/h1-2,5H,3-4,12H2;1H. The van der Waals surface area contributed by atoms with Gasteiger partial charge in [0, 0.05) is 12.5 Å². The minimum absolute atomic E-state index is 0. The monoisotopic (exact) mass is 221 g/mol. The summed E-state index contributed by atoms with van der Waals surface area (Å²) in [7, 11) is 0. The molecule has 0 spiro atoms. The molecule has 0 saturated heterocycles. The molecule has 0 unspecified atom stereocenters. The first-order chi connectivity index (χ1) is 6.15. The van der Waals surface area contributed by atoms with E-state index in [1.165, 1.54) is 0 Å². The maximum absolute atomic E-state index is 12.9. The van der Waals surface area contributed by atoms with Crippen LogP contribution in [0.4, 0.5) is 8.78 Å². The van der Waals surface area contributed by atoms with E-state index in [9.17, 15) is 13.6 Å². The second kappa shape index (κ2) is 5.67. The van der Waals surface area contributed by atoms with Crippen molar-refractivity contribution >= 4 is 18.2 Å². The van der Waals surface area contributed by atoms with Gasteiger partial charge >= 0.3 is 0 Å². The lowest BCUT2D eigenvalue weighted by Gasteiger charge is -2.00. The lowest BCUT2D eigenvalue weighted by atomic mass is 10.1. The fourth-order valence-electron chi connectivity index (χ4n) is 0.981. The lowest BCUT2D eigenvalue weighted by molar-refractivity contribution is 0.0981. The highest BCUT2D eigenvalue weighted by Crippen LogP contribution is 2.11. The molecule has 5 heteroatoms. The van der Waals surface area contributed by atoms with Crippen molar-refractivity contribution in [3.8, 4) is 0 Å².